The summed E-state index contributed by atoms with van der Waals surface area (Å²) in [5.41, 5.74) is 4.43. The molecule has 0 fully saturated rings. The zero-order valence-electron chi connectivity index (χ0n) is 14.2. The van der Waals surface area contributed by atoms with Crippen molar-refractivity contribution in [3.63, 3.8) is 0 Å². The second-order valence-corrected chi connectivity index (χ2v) is 6.92. The minimum absolute atomic E-state index is 0.351. The third-order valence-electron chi connectivity index (χ3n) is 4.60. The summed E-state index contributed by atoms with van der Waals surface area (Å²) in [5, 5.41) is 14.1. The number of nitrogens with one attached hydrogen (secondary N) is 2. The van der Waals surface area contributed by atoms with Crippen molar-refractivity contribution in [2.24, 2.45) is 0 Å². The molecule has 3 aromatic carbocycles. The Kier molecular flexibility index (Phi) is 3.98. The summed E-state index contributed by atoms with van der Waals surface area (Å²) < 4.78 is 0. The van der Waals surface area contributed by atoms with E-state index in [-0.39, 0.29) is 0 Å². The Bertz CT molecular complexity index is 978. The van der Waals surface area contributed by atoms with Gasteiger partial charge in [0.2, 0.25) is 0 Å². The Balaban J connectivity index is 1.62. The Morgan fingerprint density at radius 2 is 1.68 bits per heavy atom. The lowest BCUT2D eigenvalue weighted by atomic mass is 10.0. The zero-order valence-corrected chi connectivity index (χ0v) is 15.0. The maximum Gasteiger partial charge on any atom is 0.199 e. The summed E-state index contributed by atoms with van der Waals surface area (Å²) >= 11 is 1.72. The molecule has 4 heteroatoms. The van der Waals surface area contributed by atoms with E-state index in [2.05, 4.69) is 66.2 Å². The van der Waals surface area contributed by atoms with Crippen molar-refractivity contribution < 1.29 is 0 Å². The quantitative estimate of drug-likeness (QED) is 0.291. The SMILES string of the molecule is CSc1ccc(N(C)C(=N)Nc2ccc3c4c(cccc24)C=C3)cc1. The monoisotopic (exact) mass is 345 g/mol. The molecule has 0 saturated heterocycles. The maximum absolute atomic E-state index is 8.46. The fraction of sp³-hybridized carbons (Fsp3) is 0.0952. The molecule has 4 rings (SSSR count). The first kappa shape index (κ1) is 15.8. The van der Waals surface area contributed by atoms with E-state index in [1.54, 1.807) is 11.8 Å². The Morgan fingerprint density at radius 3 is 2.40 bits per heavy atom. The molecule has 0 heterocycles. The molecule has 1 aliphatic rings. The topological polar surface area (TPSA) is 39.1 Å². The van der Waals surface area contributed by atoms with Crippen LogP contribution in [-0.4, -0.2) is 19.3 Å². The highest BCUT2D eigenvalue weighted by molar-refractivity contribution is 7.98. The summed E-state index contributed by atoms with van der Waals surface area (Å²) in [5.74, 6) is 0.351. The highest BCUT2D eigenvalue weighted by Gasteiger charge is 2.14. The Hall–Kier alpha value is -2.72. The van der Waals surface area contributed by atoms with Crippen molar-refractivity contribution in [3.05, 3.63) is 65.7 Å². The third kappa shape index (κ3) is 2.79. The lowest BCUT2D eigenvalue weighted by molar-refractivity contribution is 1.21. The summed E-state index contributed by atoms with van der Waals surface area (Å²) in [7, 11) is 1.91. The van der Waals surface area contributed by atoms with E-state index in [1.807, 2.05) is 24.1 Å². The standard InChI is InChI=1S/C21H19N3S/c1-24(16-9-11-17(25-2)12-10-16)21(22)23-19-13-8-15-7-6-14-4-3-5-18(19)20(14)15/h3-13H,1-2H3,(H2,22,23). The largest absolute Gasteiger partial charge is 0.326 e. The van der Waals surface area contributed by atoms with Gasteiger partial charge < -0.3 is 10.2 Å². The first-order valence-electron chi connectivity index (χ1n) is 8.14. The number of nitrogens with zero attached hydrogens (tertiary/aromatic N) is 1. The number of hydrogen-bond acceptors (Lipinski definition) is 2. The van der Waals surface area contributed by atoms with Crippen LogP contribution in [0.5, 0.6) is 0 Å². The van der Waals surface area contributed by atoms with Gasteiger partial charge in [-0.2, -0.15) is 0 Å². The van der Waals surface area contributed by atoms with Crippen LogP contribution in [0.25, 0.3) is 22.9 Å². The molecular weight excluding hydrogens is 326 g/mol. The van der Waals surface area contributed by atoms with E-state index in [1.165, 1.54) is 21.4 Å². The number of hydrogen-bond donors (Lipinski definition) is 2. The van der Waals surface area contributed by atoms with E-state index in [0.29, 0.717) is 5.96 Å². The number of guanidine groups is 1. The fourth-order valence-electron chi connectivity index (χ4n) is 3.18. The van der Waals surface area contributed by atoms with Crippen LogP contribution in [0.3, 0.4) is 0 Å². The van der Waals surface area contributed by atoms with Gasteiger partial charge in [0.25, 0.3) is 0 Å². The van der Waals surface area contributed by atoms with Crippen molar-refractivity contribution in [1.82, 2.24) is 0 Å². The molecule has 0 unspecified atom stereocenters. The molecule has 0 amide bonds. The molecule has 2 N–H and O–H groups in total. The van der Waals surface area contributed by atoms with Crippen LogP contribution in [0.4, 0.5) is 11.4 Å². The highest BCUT2D eigenvalue weighted by atomic mass is 32.2. The predicted octanol–water partition coefficient (Wildman–Crippen LogP) is 5.53. The van der Waals surface area contributed by atoms with Crippen LogP contribution >= 0.6 is 11.8 Å². The van der Waals surface area contributed by atoms with Gasteiger partial charge in [0.05, 0.1) is 0 Å². The number of benzene rings is 3. The van der Waals surface area contributed by atoms with Gasteiger partial charge in [-0.25, -0.2) is 0 Å². The van der Waals surface area contributed by atoms with Crippen molar-refractivity contribution >= 4 is 52.0 Å². The molecule has 1 aliphatic carbocycles. The second kappa shape index (κ2) is 6.30. The average Bonchev–Trinajstić information content (AvgIpc) is 3.08. The summed E-state index contributed by atoms with van der Waals surface area (Å²) in [6.45, 7) is 0. The Morgan fingerprint density at radius 1 is 0.960 bits per heavy atom. The first-order chi connectivity index (χ1) is 12.2. The molecule has 3 nitrogen and oxygen atoms in total. The summed E-state index contributed by atoms with van der Waals surface area (Å²) in [4.78, 5) is 3.07. The molecule has 0 spiro atoms. The summed E-state index contributed by atoms with van der Waals surface area (Å²) in [6.07, 6.45) is 6.35. The maximum atomic E-state index is 8.46. The Labute approximate surface area is 151 Å². The molecule has 124 valence electrons. The molecule has 3 aromatic rings. The van der Waals surface area contributed by atoms with E-state index >= 15 is 0 Å². The molecular formula is C21H19N3S. The van der Waals surface area contributed by atoms with Crippen LogP contribution in [0.1, 0.15) is 11.1 Å². The van der Waals surface area contributed by atoms with Crippen LogP contribution in [0.15, 0.2) is 59.5 Å². The number of thioether (sulfide) groups is 1. The second-order valence-electron chi connectivity index (χ2n) is 6.04. The van der Waals surface area contributed by atoms with Gasteiger partial charge >= 0.3 is 0 Å². The molecule has 25 heavy (non-hydrogen) atoms. The van der Waals surface area contributed by atoms with Crippen LogP contribution < -0.4 is 10.2 Å². The third-order valence-corrected chi connectivity index (χ3v) is 5.34. The van der Waals surface area contributed by atoms with Gasteiger partial charge in [-0.1, -0.05) is 36.4 Å². The molecule has 0 aliphatic heterocycles. The van der Waals surface area contributed by atoms with Gasteiger partial charge in [0, 0.05) is 28.7 Å². The smallest absolute Gasteiger partial charge is 0.199 e. The van der Waals surface area contributed by atoms with Crippen molar-refractivity contribution in [2.45, 2.75) is 4.90 Å². The molecule has 0 saturated carbocycles. The zero-order chi connectivity index (χ0) is 17.4. The molecule has 0 atom stereocenters. The van der Waals surface area contributed by atoms with Crippen molar-refractivity contribution in [3.8, 4) is 0 Å². The minimum atomic E-state index is 0.351. The molecule has 0 radical (unpaired) electrons. The van der Waals surface area contributed by atoms with E-state index < -0.39 is 0 Å². The van der Waals surface area contributed by atoms with Crippen LogP contribution in [0.2, 0.25) is 0 Å². The van der Waals surface area contributed by atoms with Crippen molar-refractivity contribution in [2.75, 3.05) is 23.5 Å². The first-order valence-corrected chi connectivity index (χ1v) is 9.37. The van der Waals surface area contributed by atoms with Gasteiger partial charge in [-0.3, -0.25) is 5.41 Å². The van der Waals surface area contributed by atoms with E-state index in [4.69, 9.17) is 5.41 Å². The van der Waals surface area contributed by atoms with Gasteiger partial charge in [0.1, 0.15) is 0 Å². The fourth-order valence-corrected chi connectivity index (χ4v) is 3.58. The van der Waals surface area contributed by atoms with Gasteiger partial charge in [-0.05, 0) is 53.1 Å². The lowest BCUT2D eigenvalue weighted by Gasteiger charge is -2.22. The van der Waals surface area contributed by atoms with E-state index in [0.717, 1.165) is 16.8 Å². The molecule has 0 aromatic heterocycles. The number of anilines is 2. The lowest BCUT2D eigenvalue weighted by Crippen LogP contribution is -2.32. The number of rotatable bonds is 3. The summed E-state index contributed by atoms with van der Waals surface area (Å²) in [6, 6.07) is 18.7. The molecule has 0 bridgehead atoms. The van der Waals surface area contributed by atoms with Crippen LogP contribution in [0, 0.1) is 5.41 Å². The minimum Gasteiger partial charge on any atom is -0.326 e. The average molecular weight is 345 g/mol. The predicted molar refractivity (Wildman–Crippen MR) is 111 cm³/mol. The van der Waals surface area contributed by atoms with Crippen LogP contribution in [-0.2, 0) is 0 Å². The van der Waals surface area contributed by atoms with Crippen molar-refractivity contribution in [1.29, 1.82) is 5.41 Å². The van der Waals surface area contributed by atoms with Gasteiger partial charge in [-0.15, -0.1) is 11.8 Å². The van der Waals surface area contributed by atoms with E-state index in [9.17, 15) is 0 Å². The normalized spacial score (nSPS) is 11.8. The highest BCUT2D eigenvalue weighted by Crippen LogP contribution is 2.35. The van der Waals surface area contributed by atoms with Gasteiger partial charge in [0.15, 0.2) is 5.96 Å².